The number of aromatic nitrogens is 1. The molecule has 14 heavy (non-hydrogen) atoms. The molecule has 1 rings (SSSR count). The van der Waals surface area contributed by atoms with Crippen LogP contribution in [0, 0.1) is 0 Å². The van der Waals surface area contributed by atoms with Crippen LogP contribution in [0.3, 0.4) is 0 Å². The van der Waals surface area contributed by atoms with Gasteiger partial charge in [-0.3, -0.25) is 10.0 Å². The zero-order valence-electron chi connectivity index (χ0n) is 7.40. The highest BCUT2D eigenvalue weighted by Crippen LogP contribution is 2.06. The van der Waals surface area contributed by atoms with Crippen molar-refractivity contribution < 1.29 is 19.3 Å². The van der Waals surface area contributed by atoms with Crippen molar-refractivity contribution in [1.82, 2.24) is 10.6 Å². The fraction of sp³-hybridized carbons (Fsp3) is 0.375. The van der Waals surface area contributed by atoms with Crippen LogP contribution in [-0.2, 0) is 11.2 Å². The van der Waals surface area contributed by atoms with Crippen molar-refractivity contribution in [3.05, 3.63) is 17.5 Å². The Morgan fingerprint density at radius 3 is 3.14 bits per heavy atom. The molecule has 0 aliphatic rings. The quantitative estimate of drug-likeness (QED) is 0.307. The van der Waals surface area contributed by atoms with E-state index < -0.39 is 5.91 Å². The SMILES string of the molecule is O=CCCCc1cc(C(=O)NO)no1. The lowest BCUT2D eigenvalue weighted by molar-refractivity contribution is -0.107. The highest BCUT2D eigenvalue weighted by atomic mass is 16.5. The Balaban J connectivity index is 2.50. The fourth-order valence-electron chi connectivity index (χ4n) is 0.955. The number of aryl methyl sites for hydroxylation is 1. The van der Waals surface area contributed by atoms with E-state index in [1.165, 1.54) is 11.5 Å². The number of carbonyl (C=O) groups excluding carboxylic acids is 2. The highest BCUT2D eigenvalue weighted by Gasteiger charge is 2.10. The number of rotatable bonds is 5. The van der Waals surface area contributed by atoms with Gasteiger partial charge in [0.25, 0.3) is 5.91 Å². The van der Waals surface area contributed by atoms with Crippen LogP contribution < -0.4 is 5.48 Å². The number of carbonyl (C=O) groups is 2. The summed E-state index contributed by atoms with van der Waals surface area (Å²) in [6.07, 6.45) is 2.46. The molecule has 1 heterocycles. The number of nitrogens with zero attached hydrogens (tertiary/aromatic N) is 1. The number of unbranched alkanes of at least 4 members (excludes halogenated alkanes) is 1. The molecule has 0 aliphatic heterocycles. The Labute approximate surface area is 79.8 Å². The van der Waals surface area contributed by atoms with Crippen molar-refractivity contribution in [2.45, 2.75) is 19.3 Å². The number of amides is 1. The highest BCUT2D eigenvalue weighted by molar-refractivity contribution is 5.91. The summed E-state index contributed by atoms with van der Waals surface area (Å²) in [5.41, 5.74) is 1.47. The minimum atomic E-state index is -0.713. The number of hydroxylamine groups is 1. The van der Waals surface area contributed by atoms with Gasteiger partial charge in [0.2, 0.25) is 0 Å². The van der Waals surface area contributed by atoms with Gasteiger partial charge in [0.1, 0.15) is 12.0 Å². The summed E-state index contributed by atoms with van der Waals surface area (Å²) in [4.78, 5) is 20.8. The molecular weight excluding hydrogens is 188 g/mol. The van der Waals surface area contributed by atoms with Crippen LogP contribution in [0.4, 0.5) is 0 Å². The predicted octanol–water partition coefficient (Wildman–Crippen LogP) is 0.315. The normalized spacial score (nSPS) is 9.79. The minimum Gasteiger partial charge on any atom is -0.361 e. The molecule has 1 aromatic heterocycles. The summed E-state index contributed by atoms with van der Waals surface area (Å²) in [6, 6.07) is 1.43. The van der Waals surface area contributed by atoms with Gasteiger partial charge >= 0.3 is 0 Å². The first-order chi connectivity index (χ1) is 6.77. The lowest BCUT2D eigenvalue weighted by Gasteiger charge is -1.89. The monoisotopic (exact) mass is 198 g/mol. The standard InChI is InChI=1S/C8H10N2O4/c11-4-2-1-3-6-5-7(10-14-6)8(12)9-13/h4-5,13H,1-3H2,(H,9,12). The van der Waals surface area contributed by atoms with Crippen molar-refractivity contribution in [2.24, 2.45) is 0 Å². The van der Waals surface area contributed by atoms with Crippen LogP contribution in [0.2, 0.25) is 0 Å². The van der Waals surface area contributed by atoms with Gasteiger partial charge in [0, 0.05) is 18.9 Å². The zero-order chi connectivity index (χ0) is 10.4. The molecule has 0 saturated carbocycles. The number of nitrogens with one attached hydrogen (secondary N) is 1. The van der Waals surface area contributed by atoms with E-state index >= 15 is 0 Å². The van der Waals surface area contributed by atoms with Crippen molar-refractivity contribution in [1.29, 1.82) is 0 Å². The molecule has 0 atom stereocenters. The fourth-order valence-corrected chi connectivity index (χ4v) is 0.955. The zero-order valence-corrected chi connectivity index (χ0v) is 7.40. The Morgan fingerprint density at radius 2 is 2.50 bits per heavy atom. The summed E-state index contributed by atoms with van der Waals surface area (Å²) in [5.74, 6) is -0.194. The van der Waals surface area contributed by atoms with Gasteiger partial charge in [-0.1, -0.05) is 5.16 Å². The first kappa shape index (κ1) is 10.4. The smallest absolute Gasteiger partial charge is 0.296 e. The Morgan fingerprint density at radius 1 is 1.71 bits per heavy atom. The Kier molecular flexibility index (Phi) is 3.81. The second kappa shape index (κ2) is 5.13. The Hall–Kier alpha value is -1.69. The van der Waals surface area contributed by atoms with Crippen LogP contribution in [0.1, 0.15) is 29.1 Å². The van der Waals surface area contributed by atoms with E-state index in [9.17, 15) is 9.59 Å². The van der Waals surface area contributed by atoms with Crippen LogP contribution >= 0.6 is 0 Å². The van der Waals surface area contributed by atoms with Crippen molar-refractivity contribution in [3.63, 3.8) is 0 Å². The van der Waals surface area contributed by atoms with Gasteiger partial charge < -0.3 is 9.32 Å². The van der Waals surface area contributed by atoms with Gasteiger partial charge in [-0.25, -0.2) is 5.48 Å². The molecule has 1 amide bonds. The van der Waals surface area contributed by atoms with E-state index in [1.54, 1.807) is 0 Å². The second-order valence-corrected chi connectivity index (χ2v) is 2.68. The number of hydrogen-bond donors (Lipinski definition) is 2. The molecule has 0 unspecified atom stereocenters. The van der Waals surface area contributed by atoms with E-state index in [2.05, 4.69) is 5.16 Å². The molecule has 0 fully saturated rings. The van der Waals surface area contributed by atoms with Crippen LogP contribution in [0.5, 0.6) is 0 Å². The third-order valence-corrected chi connectivity index (χ3v) is 1.64. The average Bonchev–Trinajstić information content (AvgIpc) is 2.66. The summed E-state index contributed by atoms with van der Waals surface area (Å²) < 4.78 is 4.80. The van der Waals surface area contributed by atoms with Gasteiger partial charge in [-0.15, -0.1) is 0 Å². The maximum atomic E-state index is 10.8. The molecule has 6 nitrogen and oxygen atoms in total. The molecule has 0 spiro atoms. The first-order valence-electron chi connectivity index (χ1n) is 4.11. The summed E-state index contributed by atoms with van der Waals surface area (Å²) >= 11 is 0. The molecule has 76 valence electrons. The minimum absolute atomic E-state index is 0.0219. The van der Waals surface area contributed by atoms with Crippen molar-refractivity contribution in [3.8, 4) is 0 Å². The van der Waals surface area contributed by atoms with Crippen LogP contribution in [-0.4, -0.2) is 22.6 Å². The maximum Gasteiger partial charge on any atom is 0.296 e. The second-order valence-electron chi connectivity index (χ2n) is 2.68. The molecular formula is C8H10N2O4. The third-order valence-electron chi connectivity index (χ3n) is 1.64. The van der Waals surface area contributed by atoms with E-state index in [0.717, 1.165) is 6.29 Å². The van der Waals surface area contributed by atoms with E-state index in [0.29, 0.717) is 25.0 Å². The summed E-state index contributed by atoms with van der Waals surface area (Å²) in [6.45, 7) is 0. The molecule has 6 heteroatoms. The molecule has 0 bridgehead atoms. The lowest BCUT2D eigenvalue weighted by atomic mass is 10.2. The molecule has 1 aromatic rings. The topological polar surface area (TPSA) is 92.4 Å². The molecule has 0 aliphatic carbocycles. The van der Waals surface area contributed by atoms with E-state index in [-0.39, 0.29) is 5.69 Å². The predicted molar refractivity (Wildman–Crippen MR) is 44.8 cm³/mol. The van der Waals surface area contributed by atoms with Crippen molar-refractivity contribution in [2.75, 3.05) is 0 Å². The largest absolute Gasteiger partial charge is 0.361 e. The van der Waals surface area contributed by atoms with Crippen LogP contribution in [0.15, 0.2) is 10.6 Å². The average molecular weight is 198 g/mol. The number of hydrogen-bond acceptors (Lipinski definition) is 5. The first-order valence-corrected chi connectivity index (χ1v) is 4.11. The van der Waals surface area contributed by atoms with Crippen molar-refractivity contribution >= 4 is 12.2 Å². The maximum absolute atomic E-state index is 10.8. The Bertz CT molecular complexity index is 321. The molecule has 2 N–H and O–H groups in total. The van der Waals surface area contributed by atoms with E-state index in [1.807, 2.05) is 0 Å². The van der Waals surface area contributed by atoms with Crippen LogP contribution in [0.25, 0.3) is 0 Å². The molecule has 0 aromatic carbocycles. The van der Waals surface area contributed by atoms with Gasteiger partial charge in [0.15, 0.2) is 5.69 Å². The van der Waals surface area contributed by atoms with Gasteiger partial charge in [0.05, 0.1) is 0 Å². The van der Waals surface area contributed by atoms with Gasteiger partial charge in [-0.2, -0.15) is 0 Å². The summed E-state index contributed by atoms with van der Waals surface area (Å²) in [5, 5.41) is 11.7. The lowest BCUT2D eigenvalue weighted by Crippen LogP contribution is -2.18. The molecule has 0 radical (unpaired) electrons. The van der Waals surface area contributed by atoms with Gasteiger partial charge in [-0.05, 0) is 6.42 Å². The van der Waals surface area contributed by atoms with E-state index in [4.69, 9.17) is 9.73 Å². The summed E-state index contributed by atoms with van der Waals surface area (Å²) in [7, 11) is 0. The third kappa shape index (κ3) is 2.67. The number of aldehydes is 1. The molecule has 0 saturated heterocycles.